The molecule has 18 heavy (non-hydrogen) atoms. The molecule has 0 spiro atoms. The van der Waals surface area contributed by atoms with Gasteiger partial charge in [0.05, 0.1) is 0 Å². The van der Waals surface area contributed by atoms with Crippen LogP contribution in [0.4, 0.5) is 11.5 Å². The molecule has 1 heterocycles. The standard InChI is InChI=1S/C13H14BrN3S/c1-3-12-16-11(14)8-13(17-12)15-9-5-4-6-10(7-9)18-2/h4-8H,3H2,1-2H3,(H,15,16,17). The summed E-state index contributed by atoms with van der Waals surface area (Å²) < 4.78 is 0.804. The molecular formula is C13H14BrN3S. The summed E-state index contributed by atoms with van der Waals surface area (Å²) in [5.74, 6) is 1.64. The van der Waals surface area contributed by atoms with Gasteiger partial charge in [0.25, 0.3) is 0 Å². The first-order chi connectivity index (χ1) is 8.71. The zero-order valence-corrected chi connectivity index (χ0v) is 12.7. The molecule has 3 nitrogen and oxygen atoms in total. The van der Waals surface area contributed by atoms with E-state index in [2.05, 4.69) is 49.6 Å². The smallest absolute Gasteiger partial charge is 0.135 e. The van der Waals surface area contributed by atoms with Crippen molar-refractivity contribution in [3.05, 3.63) is 40.8 Å². The van der Waals surface area contributed by atoms with Crippen LogP contribution in [0, 0.1) is 0 Å². The number of thioether (sulfide) groups is 1. The summed E-state index contributed by atoms with van der Waals surface area (Å²) in [7, 11) is 0. The maximum atomic E-state index is 4.44. The first-order valence-electron chi connectivity index (χ1n) is 5.66. The number of rotatable bonds is 4. The first-order valence-corrected chi connectivity index (χ1v) is 7.67. The van der Waals surface area contributed by atoms with Crippen LogP contribution in [-0.2, 0) is 6.42 Å². The minimum atomic E-state index is 0.804. The van der Waals surface area contributed by atoms with Gasteiger partial charge in [-0.25, -0.2) is 9.97 Å². The first kappa shape index (κ1) is 13.4. The van der Waals surface area contributed by atoms with Crippen molar-refractivity contribution in [1.29, 1.82) is 0 Å². The average molecular weight is 324 g/mol. The lowest BCUT2D eigenvalue weighted by Gasteiger charge is -2.08. The zero-order chi connectivity index (χ0) is 13.0. The zero-order valence-electron chi connectivity index (χ0n) is 10.3. The van der Waals surface area contributed by atoms with E-state index in [1.165, 1.54) is 4.90 Å². The highest BCUT2D eigenvalue weighted by molar-refractivity contribution is 9.10. The highest BCUT2D eigenvalue weighted by Gasteiger charge is 2.02. The number of halogens is 1. The number of benzene rings is 1. The number of nitrogens with one attached hydrogen (secondary N) is 1. The molecule has 2 aromatic rings. The van der Waals surface area contributed by atoms with Gasteiger partial charge in [0.1, 0.15) is 16.2 Å². The molecule has 0 amide bonds. The molecule has 1 aromatic carbocycles. The third-order valence-corrected chi connectivity index (χ3v) is 3.53. The maximum Gasteiger partial charge on any atom is 0.135 e. The van der Waals surface area contributed by atoms with Crippen LogP contribution in [0.25, 0.3) is 0 Å². The van der Waals surface area contributed by atoms with Crippen LogP contribution in [0.5, 0.6) is 0 Å². The largest absolute Gasteiger partial charge is 0.340 e. The van der Waals surface area contributed by atoms with Gasteiger partial charge in [-0.3, -0.25) is 0 Å². The van der Waals surface area contributed by atoms with E-state index in [1.54, 1.807) is 11.8 Å². The maximum absolute atomic E-state index is 4.44. The third-order valence-electron chi connectivity index (χ3n) is 2.40. The van der Waals surface area contributed by atoms with Crippen molar-refractivity contribution in [2.24, 2.45) is 0 Å². The summed E-state index contributed by atoms with van der Waals surface area (Å²) in [5, 5.41) is 3.30. The summed E-state index contributed by atoms with van der Waals surface area (Å²) >= 11 is 5.12. The second-order valence-corrected chi connectivity index (χ2v) is 5.39. The summed E-state index contributed by atoms with van der Waals surface area (Å²) in [6.07, 6.45) is 2.88. The van der Waals surface area contributed by atoms with E-state index < -0.39 is 0 Å². The Morgan fingerprint density at radius 3 is 2.83 bits per heavy atom. The molecule has 0 aliphatic rings. The van der Waals surface area contributed by atoms with Gasteiger partial charge in [-0.2, -0.15) is 0 Å². The molecule has 2 rings (SSSR count). The Morgan fingerprint density at radius 2 is 2.11 bits per heavy atom. The highest BCUT2D eigenvalue weighted by Crippen LogP contribution is 2.22. The van der Waals surface area contributed by atoms with Crippen molar-refractivity contribution in [2.75, 3.05) is 11.6 Å². The molecule has 0 fully saturated rings. The number of aromatic nitrogens is 2. The van der Waals surface area contributed by atoms with Gasteiger partial charge in [0, 0.05) is 23.1 Å². The summed E-state index contributed by atoms with van der Waals surface area (Å²) in [4.78, 5) is 9.96. The van der Waals surface area contributed by atoms with E-state index in [-0.39, 0.29) is 0 Å². The number of nitrogens with zero attached hydrogens (tertiary/aromatic N) is 2. The van der Waals surface area contributed by atoms with Crippen molar-refractivity contribution >= 4 is 39.2 Å². The number of anilines is 2. The van der Waals surface area contributed by atoms with Crippen molar-refractivity contribution in [1.82, 2.24) is 9.97 Å². The molecule has 1 aromatic heterocycles. The molecule has 1 N–H and O–H groups in total. The van der Waals surface area contributed by atoms with Crippen LogP contribution in [0.15, 0.2) is 39.8 Å². The molecule has 0 bridgehead atoms. The topological polar surface area (TPSA) is 37.8 Å². The Bertz CT molecular complexity index is 546. The van der Waals surface area contributed by atoms with Gasteiger partial charge in [-0.1, -0.05) is 13.0 Å². The Balaban J connectivity index is 2.24. The lowest BCUT2D eigenvalue weighted by Crippen LogP contribution is -1.99. The molecule has 0 atom stereocenters. The van der Waals surface area contributed by atoms with Crippen LogP contribution in [-0.4, -0.2) is 16.2 Å². The number of aryl methyl sites for hydroxylation is 1. The fourth-order valence-corrected chi connectivity index (χ4v) is 2.42. The van der Waals surface area contributed by atoms with Crippen molar-refractivity contribution in [3.63, 3.8) is 0 Å². The van der Waals surface area contributed by atoms with E-state index in [4.69, 9.17) is 0 Å². The van der Waals surface area contributed by atoms with Crippen molar-refractivity contribution in [3.8, 4) is 0 Å². The highest BCUT2D eigenvalue weighted by atomic mass is 79.9. The van der Waals surface area contributed by atoms with E-state index in [1.807, 2.05) is 25.1 Å². The summed E-state index contributed by atoms with van der Waals surface area (Å²) in [5.41, 5.74) is 1.04. The Morgan fingerprint density at radius 1 is 1.28 bits per heavy atom. The number of hydrogen-bond acceptors (Lipinski definition) is 4. The van der Waals surface area contributed by atoms with Crippen LogP contribution in [0.1, 0.15) is 12.7 Å². The van der Waals surface area contributed by atoms with E-state index in [0.29, 0.717) is 0 Å². The normalized spacial score (nSPS) is 10.4. The minimum Gasteiger partial charge on any atom is -0.340 e. The molecule has 0 saturated carbocycles. The van der Waals surface area contributed by atoms with Crippen molar-refractivity contribution < 1.29 is 0 Å². The van der Waals surface area contributed by atoms with Crippen LogP contribution < -0.4 is 5.32 Å². The van der Waals surface area contributed by atoms with Crippen LogP contribution in [0.2, 0.25) is 0 Å². The van der Waals surface area contributed by atoms with Gasteiger partial charge < -0.3 is 5.32 Å². The van der Waals surface area contributed by atoms with E-state index >= 15 is 0 Å². The lowest BCUT2D eigenvalue weighted by atomic mass is 10.3. The van der Waals surface area contributed by atoms with Gasteiger partial charge in [0.2, 0.25) is 0 Å². The third kappa shape index (κ3) is 3.46. The summed E-state index contributed by atoms with van der Waals surface area (Å²) in [6.45, 7) is 2.04. The van der Waals surface area contributed by atoms with E-state index in [0.717, 1.165) is 28.4 Å². The fraction of sp³-hybridized carbons (Fsp3) is 0.231. The molecule has 0 aliphatic carbocycles. The molecule has 0 saturated heterocycles. The van der Waals surface area contributed by atoms with E-state index in [9.17, 15) is 0 Å². The summed E-state index contributed by atoms with van der Waals surface area (Å²) in [6, 6.07) is 10.1. The van der Waals surface area contributed by atoms with Gasteiger partial charge in [-0.15, -0.1) is 11.8 Å². The predicted octanol–water partition coefficient (Wildman–Crippen LogP) is 4.27. The molecule has 0 radical (unpaired) electrons. The molecule has 94 valence electrons. The predicted molar refractivity (Wildman–Crippen MR) is 80.6 cm³/mol. The second-order valence-electron chi connectivity index (χ2n) is 3.70. The second kappa shape index (κ2) is 6.20. The molecule has 0 aliphatic heterocycles. The Labute approximate surface area is 120 Å². The fourth-order valence-electron chi connectivity index (χ4n) is 1.54. The average Bonchev–Trinajstić information content (AvgIpc) is 2.38. The van der Waals surface area contributed by atoms with Gasteiger partial charge >= 0.3 is 0 Å². The SMILES string of the molecule is CCc1nc(Br)cc(Nc2cccc(SC)c2)n1. The van der Waals surface area contributed by atoms with Gasteiger partial charge in [-0.05, 0) is 40.4 Å². The van der Waals surface area contributed by atoms with Gasteiger partial charge in [0.15, 0.2) is 0 Å². The molecule has 0 unspecified atom stereocenters. The molecular weight excluding hydrogens is 310 g/mol. The molecule has 5 heteroatoms. The van der Waals surface area contributed by atoms with Crippen molar-refractivity contribution in [2.45, 2.75) is 18.2 Å². The monoisotopic (exact) mass is 323 g/mol. The Hall–Kier alpha value is -1.07. The quantitative estimate of drug-likeness (QED) is 0.673. The van der Waals surface area contributed by atoms with Crippen LogP contribution >= 0.6 is 27.7 Å². The Kier molecular flexibility index (Phi) is 4.60. The van der Waals surface area contributed by atoms with Crippen LogP contribution in [0.3, 0.4) is 0 Å². The number of hydrogen-bond donors (Lipinski definition) is 1. The minimum absolute atomic E-state index is 0.804. The lowest BCUT2D eigenvalue weighted by molar-refractivity contribution is 0.931.